The van der Waals surface area contributed by atoms with Crippen LogP contribution in [0.1, 0.15) is 19.3 Å². The number of hydrogen-bond donors (Lipinski definition) is 2. The van der Waals surface area contributed by atoms with Gasteiger partial charge in [-0.15, -0.1) is 0 Å². The molecule has 6 nitrogen and oxygen atoms in total. The van der Waals surface area contributed by atoms with Gasteiger partial charge >= 0.3 is 5.97 Å². The molecule has 0 radical (unpaired) electrons. The number of rotatable bonds is 7. The lowest BCUT2D eigenvalue weighted by Gasteiger charge is -2.10. The molecule has 1 aliphatic carbocycles. The van der Waals surface area contributed by atoms with Crippen molar-refractivity contribution in [3.8, 4) is 0 Å². The van der Waals surface area contributed by atoms with E-state index in [-0.39, 0.29) is 31.4 Å². The topological polar surface area (TPSA) is 84.5 Å². The zero-order chi connectivity index (χ0) is 17.4. The molecular formula is C17H19BrN2O4. The highest BCUT2D eigenvalue weighted by Gasteiger charge is 2.16. The predicted octanol–water partition coefficient (Wildman–Crippen LogP) is 2.40. The number of amides is 2. The van der Waals surface area contributed by atoms with Gasteiger partial charge in [0.1, 0.15) is 0 Å². The molecule has 1 aromatic rings. The van der Waals surface area contributed by atoms with Gasteiger partial charge in [0.15, 0.2) is 6.61 Å². The van der Waals surface area contributed by atoms with Crippen molar-refractivity contribution in [2.24, 2.45) is 5.92 Å². The average molecular weight is 395 g/mol. The summed E-state index contributed by atoms with van der Waals surface area (Å²) in [4.78, 5) is 35.0. The van der Waals surface area contributed by atoms with Crippen LogP contribution < -0.4 is 10.6 Å². The van der Waals surface area contributed by atoms with E-state index >= 15 is 0 Å². The van der Waals surface area contributed by atoms with Crippen molar-refractivity contribution in [1.29, 1.82) is 0 Å². The second-order valence-corrected chi connectivity index (χ2v) is 6.29. The minimum absolute atomic E-state index is 0.191. The number of nitrogens with one attached hydrogen (secondary N) is 2. The minimum atomic E-state index is -0.507. The number of anilines is 1. The molecule has 0 saturated heterocycles. The number of carbonyl (C=O) groups is 3. The summed E-state index contributed by atoms with van der Waals surface area (Å²) in [6.45, 7) is -0.569. The molecule has 0 bridgehead atoms. The number of hydrogen-bond acceptors (Lipinski definition) is 4. The predicted molar refractivity (Wildman–Crippen MR) is 93.2 cm³/mol. The summed E-state index contributed by atoms with van der Waals surface area (Å²) in [6, 6.07) is 7.16. The van der Waals surface area contributed by atoms with Crippen LogP contribution in [0.15, 0.2) is 40.9 Å². The van der Waals surface area contributed by atoms with Gasteiger partial charge in [0.25, 0.3) is 5.91 Å². The van der Waals surface area contributed by atoms with Crippen LogP contribution in [0.3, 0.4) is 0 Å². The quantitative estimate of drug-likeness (QED) is 0.549. The van der Waals surface area contributed by atoms with Crippen molar-refractivity contribution >= 4 is 39.4 Å². The number of para-hydroxylation sites is 1. The molecule has 2 N–H and O–H groups in total. The van der Waals surface area contributed by atoms with Gasteiger partial charge in [-0.3, -0.25) is 14.4 Å². The minimum Gasteiger partial charge on any atom is -0.456 e. The fourth-order valence-corrected chi connectivity index (χ4v) is 2.66. The molecule has 0 spiro atoms. The molecule has 0 fully saturated rings. The first-order chi connectivity index (χ1) is 11.5. The van der Waals surface area contributed by atoms with Crippen LogP contribution >= 0.6 is 15.9 Å². The third-order valence-corrected chi connectivity index (χ3v) is 4.19. The van der Waals surface area contributed by atoms with E-state index in [0.717, 1.165) is 17.3 Å². The Hall–Kier alpha value is -2.15. The third kappa shape index (κ3) is 6.16. The SMILES string of the molecule is O=C(COC(=O)C[C@@H]1C=CCC1)NCC(=O)Nc1ccccc1Br. The summed E-state index contributed by atoms with van der Waals surface area (Å²) in [5.41, 5.74) is 0.618. The summed E-state index contributed by atoms with van der Waals surface area (Å²) in [7, 11) is 0. The average Bonchev–Trinajstić information content (AvgIpc) is 3.06. The number of carbonyl (C=O) groups excluding carboxylic acids is 3. The molecule has 1 atom stereocenters. The number of allylic oxidation sites excluding steroid dienone is 2. The van der Waals surface area contributed by atoms with E-state index < -0.39 is 11.9 Å². The Balaban J connectivity index is 1.63. The van der Waals surface area contributed by atoms with E-state index in [2.05, 4.69) is 26.6 Å². The highest BCUT2D eigenvalue weighted by molar-refractivity contribution is 9.10. The van der Waals surface area contributed by atoms with E-state index in [0.29, 0.717) is 5.69 Å². The Labute approximate surface area is 148 Å². The second kappa shape index (κ2) is 9.22. The number of benzene rings is 1. The Morgan fingerprint density at radius 3 is 2.71 bits per heavy atom. The van der Waals surface area contributed by atoms with Gasteiger partial charge in [-0.25, -0.2) is 0 Å². The van der Waals surface area contributed by atoms with Crippen molar-refractivity contribution < 1.29 is 19.1 Å². The molecule has 0 heterocycles. The van der Waals surface area contributed by atoms with Crippen molar-refractivity contribution in [3.63, 3.8) is 0 Å². The van der Waals surface area contributed by atoms with Gasteiger partial charge in [-0.2, -0.15) is 0 Å². The standard InChI is InChI=1S/C17H19BrN2O4/c18-13-7-3-4-8-14(13)20-15(21)10-19-16(22)11-24-17(23)9-12-5-1-2-6-12/h1,3-5,7-8,12H,2,6,9-11H2,(H,19,22)(H,20,21)/t12-/m1/s1. The maximum Gasteiger partial charge on any atom is 0.306 e. The fraction of sp³-hybridized carbons (Fsp3) is 0.353. The smallest absolute Gasteiger partial charge is 0.306 e. The molecule has 0 saturated carbocycles. The van der Waals surface area contributed by atoms with Crippen molar-refractivity contribution in [2.75, 3.05) is 18.5 Å². The maximum absolute atomic E-state index is 11.8. The lowest BCUT2D eigenvalue weighted by atomic mass is 10.1. The van der Waals surface area contributed by atoms with E-state index in [1.54, 1.807) is 18.2 Å². The molecule has 2 rings (SSSR count). The lowest BCUT2D eigenvalue weighted by molar-refractivity contribution is -0.149. The van der Waals surface area contributed by atoms with Crippen LogP contribution in [-0.2, 0) is 19.1 Å². The van der Waals surface area contributed by atoms with E-state index in [4.69, 9.17) is 4.74 Å². The summed E-state index contributed by atoms with van der Waals surface area (Å²) in [6.07, 6.45) is 6.23. The van der Waals surface area contributed by atoms with Gasteiger partial charge in [0, 0.05) is 4.47 Å². The van der Waals surface area contributed by atoms with Crippen molar-refractivity contribution in [1.82, 2.24) is 5.32 Å². The molecule has 7 heteroatoms. The van der Waals surface area contributed by atoms with Crippen LogP contribution in [0.5, 0.6) is 0 Å². The highest BCUT2D eigenvalue weighted by Crippen LogP contribution is 2.21. The van der Waals surface area contributed by atoms with Crippen LogP contribution in [0, 0.1) is 5.92 Å². The molecule has 1 aliphatic rings. The Bertz CT molecular complexity index is 645. The fourth-order valence-electron chi connectivity index (χ4n) is 2.27. The van der Waals surface area contributed by atoms with Gasteiger partial charge in [-0.1, -0.05) is 24.3 Å². The zero-order valence-electron chi connectivity index (χ0n) is 13.1. The molecule has 128 valence electrons. The normalized spacial score (nSPS) is 15.8. The molecule has 0 aromatic heterocycles. The Kier molecular flexibility index (Phi) is 6.99. The number of halogens is 1. The van der Waals surface area contributed by atoms with Gasteiger partial charge in [0.2, 0.25) is 5.91 Å². The van der Waals surface area contributed by atoms with Crippen molar-refractivity contribution in [2.45, 2.75) is 19.3 Å². The number of ether oxygens (including phenoxy) is 1. The lowest BCUT2D eigenvalue weighted by Crippen LogP contribution is -2.35. The molecule has 1 aromatic carbocycles. The van der Waals surface area contributed by atoms with Gasteiger partial charge in [0.05, 0.1) is 18.7 Å². The van der Waals surface area contributed by atoms with E-state index in [1.807, 2.05) is 18.2 Å². The van der Waals surface area contributed by atoms with Crippen LogP contribution in [0.25, 0.3) is 0 Å². The summed E-state index contributed by atoms with van der Waals surface area (Å²) in [5, 5.41) is 5.08. The number of esters is 1. The van der Waals surface area contributed by atoms with Crippen molar-refractivity contribution in [3.05, 3.63) is 40.9 Å². The largest absolute Gasteiger partial charge is 0.456 e. The van der Waals surface area contributed by atoms with E-state index in [9.17, 15) is 14.4 Å². The molecule has 24 heavy (non-hydrogen) atoms. The molecule has 2 amide bonds. The first-order valence-electron chi connectivity index (χ1n) is 7.68. The van der Waals surface area contributed by atoms with Gasteiger partial charge in [-0.05, 0) is 46.8 Å². The summed E-state index contributed by atoms with van der Waals surface area (Å²) in [5.74, 6) is -1.07. The monoisotopic (exact) mass is 394 g/mol. The van der Waals surface area contributed by atoms with Gasteiger partial charge < -0.3 is 15.4 Å². The van der Waals surface area contributed by atoms with Crippen LogP contribution in [0.4, 0.5) is 5.69 Å². The molecule has 0 unspecified atom stereocenters. The molecular weight excluding hydrogens is 376 g/mol. The summed E-state index contributed by atoms with van der Waals surface area (Å²) >= 11 is 3.32. The van der Waals surface area contributed by atoms with Crippen LogP contribution in [0.2, 0.25) is 0 Å². The highest BCUT2D eigenvalue weighted by atomic mass is 79.9. The summed E-state index contributed by atoms with van der Waals surface area (Å²) < 4.78 is 5.66. The Morgan fingerprint density at radius 1 is 1.21 bits per heavy atom. The first kappa shape index (κ1) is 18.2. The maximum atomic E-state index is 11.8. The second-order valence-electron chi connectivity index (χ2n) is 5.44. The Morgan fingerprint density at radius 2 is 2.00 bits per heavy atom. The first-order valence-corrected chi connectivity index (χ1v) is 8.47. The third-order valence-electron chi connectivity index (χ3n) is 3.50. The molecule has 0 aliphatic heterocycles. The van der Waals surface area contributed by atoms with E-state index in [1.165, 1.54) is 0 Å². The van der Waals surface area contributed by atoms with Crippen LogP contribution in [-0.4, -0.2) is 30.9 Å². The zero-order valence-corrected chi connectivity index (χ0v) is 14.7.